The van der Waals surface area contributed by atoms with Gasteiger partial charge in [-0.1, -0.05) is 12.8 Å². The van der Waals surface area contributed by atoms with E-state index in [2.05, 4.69) is 15.6 Å². The van der Waals surface area contributed by atoms with Crippen molar-refractivity contribution < 1.29 is 4.79 Å². The van der Waals surface area contributed by atoms with Gasteiger partial charge in [-0.2, -0.15) is 0 Å². The van der Waals surface area contributed by atoms with Crippen molar-refractivity contribution in [3.63, 3.8) is 0 Å². The summed E-state index contributed by atoms with van der Waals surface area (Å²) < 4.78 is 0. The molecular formula is C9H15N3O. The van der Waals surface area contributed by atoms with E-state index in [1.807, 2.05) is 6.92 Å². The Labute approximate surface area is 77.8 Å². The zero-order chi connectivity index (χ0) is 9.31. The summed E-state index contributed by atoms with van der Waals surface area (Å²) in [5.41, 5.74) is -0.312. The molecule has 2 N–H and O–H groups in total. The average Bonchev–Trinajstić information content (AvgIpc) is 2.64. The summed E-state index contributed by atoms with van der Waals surface area (Å²) in [4.78, 5) is 15.8. The molecule has 13 heavy (non-hydrogen) atoms. The first kappa shape index (κ1) is 8.53. The van der Waals surface area contributed by atoms with E-state index in [4.69, 9.17) is 0 Å². The molecule has 1 heterocycles. The lowest BCUT2D eigenvalue weighted by Crippen LogP contribution is -2.43. The van der Waals surface area contributed by atoms with E-state index in [0.29, 0.717) is 12.5 Å². The van der Waals surface area contributed by atoms with Crippen LogP contribution in [0.5, 0.6) is 0 Å². The zero-order valence-electron chi connectivity index (χ0n) is 7.89. The Morgan fingerprint density at radius 3 is 2.77 bits per heavy atom. The number of nitrogens with zero attached hydrogens (tertiary/aromatic N) is 1. The second-order valence-electron chi connectivity index (χ2n) is 3.69. The number of nitrogens with one attached hydrogen (secondary N) is 2. The standard InChI is InChI=1S/C9H15N3O/c1-2-10-8-11-7(13)9(12-8)5-3-4-6-9/h2-6H2,1H3,(H2,10,11,12,13). The molecule has 2 rings (SSSR count). The zero-order valence-corrected chi connectivity index (χ0v) is 7.89. The second kappa shape index (κ2) is 3.01. The molecule has 0 bridgehead atoms. The molecule has 1 aliphatic heterocycles. The lowest BCUT2D eigenvalue weighted by atomic mass is 9.99. The molecular weight excluding hydrogens is 166 g/mol. The average molecular weight is 181 g/mol. The Hall–Kier alpha value is -1.06. The van der Waals surface area contributed by atoms with Crippen LogP contribution in [0.25, 0.3) is 0 Å². The number of carbonyl (C=O) groups excluding carboxylic acids is 1. The van der Waals surface area contributed by atoms with Crippen molar-refractivity contribution >= 4 is 11.9 Å². The predicted octanol–water partition coefficient (Wildman–Crippen LogP) is 0.394. The summed E-state index contributed by atoms with van der Waals surface area (Å²) in [5, 5.41) is 5.99. The summed E-state index contributed by atoms with van der Waals surface area (Å²) in [6.07, 6.45) is 4.17. The van der Waals surface area contributed by atoms with Gasteiger partial charge in [0.25, 0.3) is 5.91 Å². The fourth-order valence-electron chi connectivity index (χ4n) is 2.11. The van der Waals surface area contributed by atoms with Gasteiger partial charge in [-0.15, -0.1) is 0 Å². The Kier molecular flexibility index (Phi) is 1.98. The van der Waals surface area contributed by atoms with Crippen LogP contribution >= 0.6 is 0 Å². The molecule has 0 atom stereocenters. The van der Waals surface area contributed by atoms with Crippen LogP contribution in [0, 0.1) is 0 Å². The maximum absolute atomic E-state index is 11.6. The monoisotopic (exact) mass is 181 g/mol. The van der Waals surface area contributed by atoms with Crippen LogP contribution in [0.3, 0.4) is 0 Å². The van der Waals surface area contributed by atoms with Crippen LogP contribution in [0.1, 0.15) is 32.6 Å². The topological polar surface area (TPSA) is 53.5 Å². The molecule has 2 aliphatic rings. The highest BCUT2D eigenvalue weighted by molar-refractivity contribution is 6.09. The highest BCUT2D eigenvalue weighted by Crippen LogP contribution is 2.31. The molecule has 0 aromatic rings. The van der Waals surface area contributed by atoms with Crippen molar-refractivity contribution in [1.29, 1.82) is 0 Å². The van der Waals surface area contributed by atoms with Gasteiger partial charge in [-0.25, -0.2) is 0 Å². The van der Waals surface area contributed by atoms with Gasteiger partial charge >= 0.3 is 0 Å². The number of carbonyl (C=O) groups is 1. The van der Waals surface area contributed by atoms with E-state index in [0.717, 1.165) is 25.7 Å². The first-order valence-corrected chi connectivity index (χ1v) is 4.91. The molecule has 1 spiro atoms. The summed E-state index contributed by atoms with van der Waals surface area (Å²) >= 11 is 0. The molecule has 1 saturated carbocycles. The van der Waals surface area contributed by atoms with E-state index in [1.165, 1.54) is 0 Å². The maximum atomic E-state index is 11.6. The third-order valence-corrected chi connectivity index (χ3v) is 2.80. The molecule has 2 fully saturated rings. The number of amides is 1. The third-order valence-electron chi connectivity index (χ3n) is 2.80. The molecule has 1 amide bonds. The Bertz CT molecular complexity index is 254. The fraction of sp³-hybridized carbons (Fsp3) is 0.778. The maximum Gasteiger partial charge on any atom is 0.252 e. The second-order valence-corrected chi connectivity index (χ2v) is 3.69. The van der Waals surface area contributed by atoms with Crippen LogP contribution < -0.4 is 10.6 Å². The minimum absolute atomic E-state index is 0.109. The minimum Gasteiger partial charge on any atom is -0.342 e. The Balaban J connectivity index is 2.15. The number of aliphatic imine (C=N–C) groups is 1. The predicted molar refractivity (Wildman–Crippen MR) is 50.5 cm³/mol. The summed E-state index contributed by atoms with van der Waals surface area (Å²) in [6.45, 7) is 2.67. The lowest BCUT2D eigenvalue weighted by Gasteiger charge is -2.18. The normalized spacial score (nSPS) is 28.1. The van der Waals surface area contributed by atoms with Gasteiger partial charge in [-0.05, 0) is 19.8 Å². The summed E-state index contributed by atoms with van der Waals surface area (Å²) in [5.74, 6) is 0.770. The molecule has 0 aromatic carbocycles. The lowest BCUT2D eigenvalue weighted by molar-refractivity contribution is -0.123. The van der Waals surface area contributed by atoms with Crippen molar-refractivity contribution in [3.05, 3.63) is 0 Å². The quantitative estimate of drug-likeness (QED) is 0.615. The largest absolute Gasteiger partial charge is 0.342 e. The molecule has 4 heteroatoms. The molecule has 1 aliphatic carbocycles. The number of rotatable bonds is 1. The highest BCUT2D eigenvalue weighted by atomic mass is 16.2. The molecule has 1 saturated heterocycles. The molecule has 0 aromatic heterocycles. The van der Waals surface area contributed by atoms with Crippen LogP contribution in [-0.4, -0.2) is 24.0 Å². The van der Waals surface area contributed by atoms with Crippen LogP contribution in [0.15, 0.2) is 4.99 Å². The van der Waals surface area contributed by atoms with Gasteiger partial charge < -0.3 is 5.32 Å². The van der Waals surface area contributed by atoms with Gasteiger partial charge in [-0.3, -0.25) is 15.1 Å². The fourth-order valence-corrected chi connectivity index (χ4v) is 2.11. The van der Waals surface area contributed by atoms with E-state index >= 15 is 0 Å². The summed E-state index contributed by atoms with van der Waals surface area (Å²) in [7, 11) is 0. The van der Waals surface area contributed by atoms with Crippen molar-refractivity contribution in [2.24, 2.45) is 4.99 Å². The third kappa shape index (κ3) is 1.30. The van der Waals surface area contributed by atoms with E-state index in [9.17, 15) is 4.79 Å². The summed E-state index contributed by atoms with van der Waals surface area (Å²) in [6, 6.07) is 0. The van der Waals surface area contributed by atoms with Crippen molar-refractivity contribution in [2.45, 2.75) is 38.1 Å². The number of hydrogen-bond donors (Lipinski definition) is 2. The van der Waals surface area contributed by atoms with E-state index < -0.39 is 0 Å². The van der Waals surface area contributed by atoms with E-state index in [-0.39, 0.29) is 11.4 Å². The molecule has 72 valence electrons. The molecule has 4 nitrogen and oxygen atoms in total. The Morgan fingerprint density at radius 2 is 2.15 bits per heavy atom. The Morgan fingerprint density at radius 1 is 1.46 bits per heavy atom. The van der Waals surface area contributed by atoms with Crippen molar-refractivity contribution in [2.75, 3.05) is 6.54 Å². The van der Waals surface area contributed by atoms with Gasteiger partial charge in [0.15, 0.2) is 5.96 Å². The SMILES string of the molecule is CCN=C1NC(=O)C2(CCCC2)N1. The first-order chi connectivity index (χ1) is 6.27. The smallest absolute Gasteiger partial charge is 0.252 e. The number of guanidine groups is 1. The van der Waals surface area contributed by atoms with Crippen molar-refractivity contribution in [3.8, 4) is 0 Å². The van der Waals surface area contributed by atoms with Gasteiger partial charge in [0.1, 0.15) is 5.54 Å². The minimum atomic E-state index is -0.312. The molecule has 0 unspecified atom stereocenters. The highest BCUT2D eigenvalue weighted by Gasteiger charge is 2.46. The van der Waals surface area contributed by atoms with Gasteiger partial charge in [0.05, 0.1) is 0 Å². The van der Waals surface area contributed by atoms with Crippen LogP contribution in [0.4, 0.5) is 0 Å². The van der Waals surface area contributed by atoms with E-state index in [1.54, 1.807) is 0 Å². The van der Waals surface area contributed by atoms with Crippen molar-refractivity contribution in [1.82, 2.24) is 10.6 Å². The van der Waals surface area contributed by atoms with Crippen LogP contribution in [-0.2, 0) is 4.79 Å². The van der Waals surface area contributed by atoms with Gasteiger partial charge in [0, 0.05) is 6.54 Å². The number of hydrogen-bond acceptors (Lipinski definition) is 2. The molecule has 0 radical (unpaired) electrons. The first-order valence-electron chi connectivity index (χ1n) is 4.91. The van der Waals surface area contributed by atoms with Crippen LogP contribution in [0.2, 0.25) is 0 Å². The van der Waals surface area contributed by atoms with Gasteiger partial charge in [0.2, 0.25) is 0 Å².